The molecule has 5 nitrogen and oxygen atoms in total. The highest BCUT2D eigenvalue weighted by Crippen LogP contribution is 2.26. The molecule has 2 aromatic carbocycles. The van der Waals surface area contributed by atoms with Crippen LogP contribution in [-0.2, 0) is 12.2 Å². The molecule has 0 aliphatic heterocycles. The van der Waals surface area contributed by atoms with Crippen LogP contribution >= 0.6 is 34.7 Å². The lowest BCUT2D eigenvalue weighted by Crippen LogP contribution is -2.04. The number of aryl methyl sites for hydroxylation is 2. The molecule has 0 spiro atoms. The summed E-state index contributed by atoms with van der Waals surface area (Å²) in [5.74, 6) is 0.725. The van der Waals surface area contributed by atoms with Crippen molar-refractivity contribution in [1.82, 2.24) is 25.2 Å². The second-order valence-corrected chi connectivity index (χ2v) is 8.76. The molecule has 0 N–H and O–H groups in total. The number of rotatable bonds is 6. The number of benzene rings is 2. The van der Waals surface area contributed by atoms with Gasteiger partial charge in [0.15, 0.2) is 0 Å². The van der Waals surface area contributed by atoms with Gasteiger partial charge in [-0.1, -0.05) is 53.7 Å². The van der Waals surface area contributed by atoms with Gasteiger partial charge in [0.2, 0.25) is 5.16 Å². The summed E-state index contributed by atoms with van der Waals surface area (Å²) in [6.45, 7) is 4.14. The smallest absolute Gasteiger partial charge is 0.214 e. The zero-order valence-electron chi connectivity index (χ0n) is 15.5. The van der Waals surface area contributed by atoms with E-state index in [9.17, 15) is 0 Å². The number of halogens is 1. The van der Waals surface area contributed by atoms with Gasteiger partial charge in [-0.3, -0.25) is 0 Å². The van der Waals surface area contributed by atoms with Crippen molar-refractivity contribution in [2.75, 3.05) is 0 Å². The molecule has 0 aliphatic rings. The molecule has 8 heteroatoms. The molecule has 0 saturated carbocycles. The maximum Gasteiger partial charge on any atom is 0.214 e. The quantitative estimate of drug-likeness (QED) is 0.392. The van der Waals surface area contributed by atoms with Crippen LogP contribution in [0.25, 0.3) is 5.69 Å². The average Bonchev–Trinajstić information content (AvgIpc) is 3.31. The highest BCUT2D eigenvalue weighted by Gasteiger charge is 2.14. The predicted molar refractivity (Wildman–Crippen MR) is 115 cm³/mol. The Morgan fingerprint density at radius 1 is 1.07 bits per heavy atom. The second kappa shape index (κ2) is 8.43. The Bertz CT molecular complexity index is 1070. The van der Waals surface area contributed by atoms with Gasteiger partial charge in [0.1, 0.15) is 0 Å². The van der Waals surface area contributed by atoms with Gasteiger partial charge in [-0.05, 0) is 53.1 Å². The zero-order chi connectivity index (χ0) is 19.5. The van der Waals surface area contributed by atoms with E-state index in [1.165, 1.54) is 5.56 Å². The van der Waals surface area contributed by atoms with Gasteiger partial charge < -0.3 is 0 Å². The summed E-state index contributed by atoms with van der Waals surface area (Å²) in [6, 6.07) is 14.1. The average molecular weight is 428 g/mol. The molecule has 0 bridgehead atoms. The third-order valence-electron chi connectivity index (χ3n) is 4.31. The third-order valence-corrected chi connectivity index (χ3v) is 6.41. The Kier molecular flexibility index (Phi) is 5.75. The van der Waals surface area contributed by atoms with Gasteiger partial charge in [-0.25, -0.2) is 4.98 Å². The van der Waals surface area contributed by atoms with Crippen LogP contribution in [0.3, 0.4) is 0 Å². The summed E-state index contributed by atoms with van der Waals surface area (Å²) in [6.07, 6.45) is 0.812. The minimum absolute atomic E-state index is 0.725. The van der Waals surface area contributed by atoms with Crippen molar-refractivity contribution in [3.8, 4) is 5.69 Å². The minimum atomic E-state index is 0.725. The summed E-state index contributed by atoms with van der Waals surface area (Å²) in [5, 5.41) is 17.0. The number of para-hydroxylation sites is 1. The largest absolute Gasteiger partial charge is 0.245 e. The molecule has 0 unspecified atom stereocenters. The summed E-state index contributed by atoms with van der Waals surface area (Å²) in [7, 11) is 0. The SMILES string of the molecule is Cc1cccc(C)c1-n1nnnc1SCc1csc(Cc2ccc(Cl)cc2)n1. The third kappa shape index (κ3) is 4.27. The number of nitrogens with zero attached hydrogens (tertiary/aromatic N) is 5. The molecular formula is C20H18ClN5S2. The Labute approximate surface area is 176 Å². The van der Waals surface area contributed by atoms with Crippen molar-refractivity contribution in [1.29, 1.82) is 0 Å². The Balaban J connectivity index is 1.46. The molecule has 2 aromatic heterocycles. The first-order chi connectivity index (χ1) is 13.6. The van der Waals surface area contributed by atoms with Gasteiger partial charge >= 0.3 is 0 Å². The molecule has 142 valence electrons. The van der Waals surface area contributed by atoms with Crippen LogP contribution in [0.1, 0.15) is 27.4 Å². The molecule has 28 heavy (non-hydrogen) atoms. The van der Waals surface area contributed by atoms with Crippen molar-refractivity contribution in [3.05, 3.63) is 80.3 Å². The highest BCUT2D eigenvalue weighted by atomic mass is 35.5. The van der Waals surface area contributed by atoms with E-state index in [1.807, 2.05) is 35.0 Å². The first kappa shape index (κ1) is 19.1. The van der Waals surface area contributed by atoms with Crippen LogP contribution < -0.4 is 0 Å². The molecule has 0 saturated heterocycles. The van der Waals surface area contributed by atoms with Crippen molar-refractivity contribution >= 4 is 34.7 Å². The van der Waals surface area contributed by atoms with Crippen molar-refractivity contribution in [2.45, 2.75) is 31.2 Å². The standard InChI is InChI=1S/C20H18ClN5S2/c1-13-4-3-5-14(2)19(13)26-20(23-24-25-26)28-12-17-11-27-18(22-17)10-15-6-8-16(21)9-7-15/h3-9,11H,10,12H2,1-2H3. The number of tetrazole rings is 1. The highest BCUT2D eigenvalue weighted by molar-refractivity contribution is 7.98. The topological polar surface area (TPSA) is 56.5 Å². The Morgan fingerprint density at radius 3 is 2.57 bits per heavy atom. The Hall–Kier alpha value is -2.22. The lowest BCUT2D eigenvalue weighted by molar-refractivity contribution is 0.747. The van der Waals surface area contributed by atoms with Gasteiger partial charge in [0.05, 0.1) is 16.4 Å². The fourth-order valence-electron chi connectivity index (χ4n) is 2.96. The lowest BCUT2D eigenvalue weighted by atomic mass is 10.1. The Morgan fingerprint density at radius 2 is 1.82 bits per heavy atom. The molecule has 4 rings (SSSR count). The number of hydrogen-bond donors (Lipinski definition) is 0. The van der Waals surface area contributed by atoms with Crippen LogP contribution in [0.15, 0.2) is 53.0 Å². The molecule has 0 aliphatic carbocycles. The van der Waals surface area contributed by atoms with Crippen LogP contribution in [0, 0.1) is 13.8 Å². The maximum atomic E-state index is 5.95. The van der Waals surface area contributed by atoms with Crippen molar-refractivity contribution in [3.63, 3.8) is 0 Å². The minimum Gasteiger partial charge on any atom is -0.245 e. The first-order valence-electron chi connectivity index (χ1n) is 8.75. The van der Waals surface area contributed by atoms with E-state index in [4.69, 9.17) is 16.6 Å². The maximum absolute atomic E-state index is 5.95. The molecular weight excluding hydrogens is 410 g/mol. The van der Waals surface area contributed by atoms with Gasteiger partial charge in [-0.15, -0.1) is 16.4 Å². The fraction of sp³-hybridized carbons (Fsp3) is 0.200. The van der Waals surface area contributed by atoms with Gasteiger partial charge in [0, 0.05) is 22.6 Å². The fourth-order valence-corrected chi connectivity index (χ4v) is 4.79. The van der Waals surface area contributed by atoms with Crippen LogP contribution in [0.5, 0.6) is 0 Å². The van der Waals surface area contributed by atoms with E-state index >= 15 is 0 Å². The molecule has 0 fully saturated rings. The molecule has 0 amide bonds. The molecule has 0 atom stereocenters. The van der Waals surface area contributed by atoms with E-state index in [1.54, 1.807) is 23.1 Å². The monoisotopic (exact) mass is 427 g/mol. The van der Waals surface area contributed by atoms with Crippen molar-refractivity contribution < 1.29 is 0 Å². The van der Waals surface area contributed by atoms with E-state index in [0.29, 0.717) is 0 Å². The number of thioether (sulfide) groups is 1. The second-order valence-electron chi connectivity index (χ2n) is 6.44. The molecule has 2 heterocycles. The number of hydrogen-bond acceptors (Lipinski definition) is 6. The van der Waals surface area contributed by atoms with Gasteiger partial charge in [-0.2, -0.15) is 4.68 Å². The molecule has 4 aromatic rings. The zero-order valence-corrected chi connectivity index (χ0v) is 17.9. The number of aromatic nitrogens is 5. The van der Waals surface area contributed by atoms with E-state index < -0.39 is 0 Å². The summed E-state index contributed by atoms with van der Waals surface area (Å²) in [5.41, 5.74) is 5.57. The van der Waals surface area contributed by atoms with Crippen LogP contribution in [-0.4, -0.2) is 25.2 Å². The predicted octanol–water partition coefficient (Wildman–Crippen LogP) is 5.27. The van der Waals surface area contributed by atoms with Crippen LogP contribution in [0.2, 0.25) is 5.02 Å². The summed E-state index contributed by atoms with van der Waals surface area (Å²) in [4.78, 5) is 4.75. The summed E-state index contributed by atoms with van der Waals surface area (Å²) < 4.78 is 1.82. The number of thiazole rings is 1. The lowest BCUT2D eigenvalue weighted by Gasteiger charge is -2.10. The van der Waals surface area contributed by atoms with E-state index in [-0.39, 0.29) is 0 Å². The van der Waals surface area contributed by atoms with E-state index in [2.05, 4.69) is 46.9 Å². The first-order valence-corrected chi connectivity index (χ1v) is 11.0. The van der Waals surface area contributed by atoms with Crippen molar-refractivity contribution in [2.24, 2.45) is 0 Å². The van der Waals surface area contributed by atoms with Crippen LogP contribution in [0.4, 0.5) is 0 Å². The molecule has 0 radical (unpaired) electrons. The summed E-state index contributed by atoms with van der Waals surface area (Å²) >= 11 is 9.22. The van der Waals surface area contributed by atoms with Gasteiger partial charge in [0.25, 0.3) is 0 Å². The normalized spacial score (nSPS) is 11.1. The van der Waals surface area contributed by atoms with E-state index in [0.717, 1.165) is 49.9 Å².